The first kappa shape index (κ1) is 13.1. The van der Waals surface area contributed by atoms with Gasteiger partial charge in [-0.3, -0.25) is 4.79 Å². The Balaban J connectivity index is 1.86. The Morgan fingerprint density at radius 2 is 1.86 bits per heavy atom. The number of carbonyl (C=O) groups is 1. The Morgan fingerprint density at radius 1 is 1.14 bits per heavy atom. The van der Waals surface area contributed by atoms with E-state index in [-0.39, 0.29) is 5.91 Å². The Morgan fingerprint density at radius 3 is 2.52 bits per heavy atom. The molecule has 4 nitrogen and oxygen atoms in total. The van der Waals surface area contributed by atoms with Crippen LogP contribution >= 0.6 is 0 Å². The van der Waals surface area contributed by atoms with Crippen molar-refractivity contribution in [1.29, 1.82) is 0 Å². The highest BCUT2D eigenvalue weighted by molar-refractivity contribution is 6.02. The second-order valence-electron chi connectivity index (χ2n) is 4.80. The average molecular weight is 278 g/mol. The third-order valence-electron chi connectivity index (χ3n) is 3.07. The number of fused-ring (bicyclic) bond motifs is 1. The zero-order chi connectivity index (χ0) is 14.8. The van der Waals surface area contributed by atoms with Crippen LogP contribution in [0.25, 0.3) is 22.6 Å². The van der Waals surface area contributed by atoms with Crippen LogP contribution in [0.2, 0.25) is 0 Å². The molecule has 104 valence electrons. The molecule has 0 aliphatic carbocycles. The molecule has 1 aromatic heterocycles. The summed E-state index contributed by atoms with van der Waals surface area (Å²) in [6.07, 6.45) is 0. The number of oxazole rings is 1. The molecular weight excluding hydrogens is 264 g/mol. The Bertz CT molecular complexity index is 783. The number of para-hydroxylation sites is 2. The number of nitrogens with zero attached hydrogens (tertiary/aromatic N) is 1. The van der Waals surface area contributed by atoms with Gasteiger partial charge in [0.2, 0.25) is 5.89 Å². The van der Waals surface area contributed by atoms with Gasteiger partial charge in [-0.2, -0.15) is 0 Å². The molecule has 0 fully saturated rings. The number of hydrogen-bond donors (Lipinski definition) is 1. The van der Waals surface area contributed by atoms with E-state index in [1.807, 2.05) is 48.5 Å². The van der Waals surface area contributed by atoms with Gasteiger partial charge < -0.3 is 9.73 Å². The van der Waals surface area contributed by atoms with Crippen LogP contribution in [-0.2, 0) is 4.79 Å². The maximum Gasteiger partial charge on any atom is 0.250 e. The topological polar surface area (TPSA) is 55.1 Å². The van der Waals surface area contributed by atoms with Crippen molar-refractivity contribution in [3.8, 4) is 11.5 Å². The van der Waals surface area contributed by atoms with E-state index in [4.69, 9.17) is 4.42 Å². The van der Waals surface area contributed by atoms with Crippen LogP contribution in [0.15, 0.2) is 65.1 Å². The zero-order valence-electron chi connectivity index (χ0n) is 11.6. The standard InChI is InChI=1S/C17H14N2O2/c1-11(2)16(20)18-13-9-7-12(8-10-13)17-19-14-5-3-4-6-15(14)21-17/h3-10H,1H2,2H3,(H,18,20). The molecule has 0 unspecified atom stereocenters. The van der Waals surface area contributed by atoms with E-state index in [9.17, 15) is 4.79 Å². The third kappa shape index (κ3) is 2.69. The molecule has 1 heterocycles. The summed E-state index contributed by atoms with van der Waals surface area (Å²) in [6, 6.07) is 15.0. The van der Waals surface area contributed by atoms with Crippen molar-refractivity contribution in [3.63, 3.8) is 0 Å². The quantitative estimate of drug-likeness (QED) is 0.736. The molecule has 4 heteroatoms. The van der Waals surface area contributed by atoms with E-state index >= 15 is 0 Å². The third-order valence-corrected chi connectivity index (χ3v) is 3.07. The van der Waals surface area contributed by atoms with E-state index in [2.05, 4.69) is 16.9 Å². The van der Waals surface area contributed by atoms with Gasteiger partial charge in [0.25, 0.3) is 5.91 Å². The highest BCUT2D eigenvalue weighted by Gasteiger charge is 2.08. The number of benzene rings is 2. The lowest BCUT2D eigenvalue weighted by Crippen LogP contribution is -2.11. The molecule has 0 spiro atoms. The van der Waals surface area contributed by atoms with E-state index < -0.39 is 0 Å². The van der Waals surface area contributed by atoms with Crippen molar-refractivity contribution in [2.75, 3.05) is 5.32 Å². The summed E-state index contributed by atoms with van der Waals surface area (Å²) in [4.78, 5) is 16.0. The van der Waals surface area contributed by atoms with Crippen LogP contribution in [0.1, 0.15) is 6.92 Å². The highest BCUT2D eigenvalue weighted by Crippen LogP contribution is 2.25. The first-order chi connectivity index (χ1) is 10.1. The van der Waals surface area contributed by atoms with Crippen LogP contribution < -0.4 is 5.32 Å². The van der Waals surface area contributed by atoms with Crippen LogP contribution in [0, 0.1) is 0 Å². The Kier molecular flexibility index (Phi) is 3.28. The fourth-order valence-corrected chi connectivity index (χ4v) is 1.93. The number of rotatable bonds is 3. The lowest BCUT2D eigenvalue weighted by Gasteiger charge is -2.04. The van der Waals surface area contributed by atoms with Crippen molar-refractivity contribution in [3.05, 3.63) is 60.7 Å². The highest BCUT2D eigenvalue weighted by atomic mass is 16.3. The number of anilines is 1. The van der Waals surface area contributed by atoms with Crippen LogP contribution in [0.3, 0.4) is 0 Å². The molecule has 0 bridgehead atoms. The molecule has 0 aliphatic rings. The predicted molar refractivity (Wildman–Crippen MR) is 82.9 cm³/mol. The fraction of sp³-hybridized carbons (Fsp3) is 0.0588. The molecule has 3 aromatic rings. The number of hydrogen-bond acceptors (Lipinski definition) is 3. The van der Waals surface area contributed by atoms with Gasteiger partial charge in [-0.1, -0.05) is 18.7 Å². The van der Waals surface area contributed by atoms with E-state index in [0.717, 1.165) is 16.7 Å². The summed E-state index contributed by atoms with van der Waals surface area (Å²) < 4.78 is 5.70. The molecule has 3 rings (SSSR count). The Hall–Kier alpha value is -2.88. The smallest absolute Gasteiger partial charge is 0.250 e. The maximum absolute atomic E-state index is 11.5. The van der Waals surface area contributed by atoms with Crippen molar-refractivity contribution >= 4 is 22.7 Å². The van der Waals surface area contributed by atoms with Crippen molar-refractivity contribution < 1.29 is 9.21 Å². The van der Waals surface area contributed by atoms with Gasteiger partial charge in [0.05, 0.1) is 0 Å². The van der Waals surface area contributed by atoms with Crippen LogP contribution in [0.5, 0.6) is 0 Å². The minimum Gasteiger partial charge on any atom is -0.436 e. The van der Waals surface area contributed by atoms with E-state index in [1.54, 1.807) is 6.92 Å². The molecular formula is C17H14N2O2. The van der Waals surface area contributed by atoms with Gasteiger partial charge in [0, 0.05) is 16.8 Å². The molecule has 0 aliphatic heterocycles. The summed E-state index contributed by atoms with van der Waals surface area (Å²) in [6.45, 7) is 5.27. The average Bonchev–Trinajstić information content (AvgIpc) is 2.91. The second-order valence-corrected chi connectivity index (χ2v) is 4.80. The number of carbonyl (C=O) groups excluding carboxylic acids is 1. The molecule has 0 radical (unpaired) electrons. The molecule has 0 atom stereocenters. The molecule has 1 N–H and O–H groups in total. The summed E-state index contributed by atoms with van der Waals surface area (Å²) in [7, 11) is 0. The number of aromatic nitrogens is 1. The SMILES string of the molecule is C=C(C)C(=O)Nc1ccc(-c2nc3ccccc3o2)cc1. The molecule has 0 saturated heterocycles. The number of nitrogens with one attached hydrogen (secondary N) is 1. The normalized spacial score (nSPS) is 10.5. The van der Waals surface area contributed by atoms with Gasteiger partial charge in [0.1, 0.15) is 5.52 Å². The minimum atomic E-state index is -0.190. The monoisotopic (exact) mass is 278 g/mol. The molecule has 21 heavy (non-hydrogen) atoms. The van der Waals surface area contributed by atoms with Crippen LogP contribution in [-0.4, -0.2) is 10.9 Å². The van der Waals surface area contributed by atoms with Gasteiger partial charge in [0.15, 0.2) is 5.58 Å². The largest absolute Gasteiger partial charge is 0.436 e. The number of amides is 1. The predicted octanol–water partition coefficient (Wildman–Crippen LogP) is 4.01. The zero-order valence-corrected chi connectivity index (χ0v) is 11.6. The Labute approximate surface area is 122 Å². The lowest BCUT2D eigenvalue weighted by molar-refractivity contribution is -0.112. The fourth-order valence-electron chi connectivity index (χ4n) is 1.93. The minimum absolute atomic E-state index is 0.190. The van der Waals surface area contributed by atoms with Crippen LogP contribution in [0.4, 0.5) is 5.69 Å². The molecule has 0 saturated carbocycles. The summed E-state index contributed by atoms with van der Waals surface area (Å²) in [5.74, 6) is 0.374. The van der Waals surface area contributed by atoms with Gasteiger partial charge in [-0.15, -0.1) is 0 Å². The maximum atomic E-state index is 11.5. The second kappa shape index (κ2) is 5.25. The molecule has 2 aromatic carbocycles. The first-order valence-corrected chi connectivity index (χ1v) is 6.56. The summed E-state index contributed by atoms with van der Waals surface area (Å²) >= 11 is 0. The van der Waals surface area contributed by atoms with Crippen molar-refractivity contribution in [2.45, 2.75) is 6.92 Å². The van der Waals surface area contributed by atoms with Crippen molar-refractivity contribution in [1.82, 2.24) is 4.98 Å². The van der Waals surface area contributed by atoms with Gasteiger partial charge in [-0.05, 0) is 43.3 Å². The summed E-state index contributed by atoms with van der Waals surface area (Å²) in [5, 5.41) is 2.76. The molecule has 1 amide bonds. The first-order valence-electron chi connectivity index (χ1n) is 6.56. The van der Waals surface area contributed by atoms with Crippen molar-refractivity contribution in [2.24, 2.45) is 0 Å². The van der Waals surface area contributed by atoms with E-state index in [0.29, 0.717) is 17.2 Å². The lowest BCUT2D eigenvalue weighted by atomic mass is 10.2. The van der Waals surface area contributed by atoms with Gasteiger partial charge in [-0.25, -0.2) is 4.98 Å². The van der Waals surface area contributed by atoms with E-state index in [1.165, 1.54) is 0 Å². The van der Waals surface area contributed by atoms with Gasteiger partial charge >= 0.3 is 0 Å². The summed E-state index contributed by atoms with van der Waals surface area (Å²) in [5.41, 5.74) is 3.62.